The number of fused-ring (bicyclic) bond motifs is 1. The van der Waals surface area contributed by atoms with Gasteiger partial charge in [0.25, 0.3) is 0 Å². The molecule has 2 aromatic heterocycles. The van der Waals surface area contributed by atoms with E-state index in [1.807, 2.05) is 18.2 Å². The van der Waals surface area contributed by atoms with Crippen LogP contribution in [0.1, 0.15) is 45.7 Å². The van der Waals surface area contributed by atoms with Gasteiger partial charge < -0.3 is 21.1 Å². The Bertz CT molecular complexity index is 1450. The normalized spacial score (nSPS) is 15.4. The van der Waals surface area contributed by atoms with Crippen molar-refractivity contribution in [3.05, 3.63) is 118 Å². The van der Waals surface area contributed by atoms with E-state index >= 15 is 0 Å². The topological polar surface area (TPSA) is 141 Å². The highest BCUT2D eigenvalue weighted by atomic mass is 16.5. The molecule has 3 N–H and O–H groups in total. The summed E-state index contributed by atoms with van der Waals surface area (Å²) < 4.78 is 1.47. The highest BCUT2D eigenvalue weighted by Gasteiger charge is 2.30. The third kappa shape index (κ3) is 5.44. The molecule has 10 nitrogen and oxygen atoms in total. The third-order valence-corrected chi connectivity index (χ3v) is 7.13. The summed E-state index contributed by atoms with van der Waals surface area (Å²) in [5, 5.41) is 28.5. The van der Waals surface area contributed by atoms with E-state index in [1.165, 1.54) is 34.1 Å². The lowest BCUT2D eigenvalue weighted by atomic mass is 10.00. The van der Waals surface area contributed by atoms with Gasteiger partial charge in [-0.3, -0.25) is 14.5 Å². The average Bonchev–Trinajstić information content (AvgIpc) is 3.63. The number of rotatable bonds is 9. The highest BCUT2D eigenvalue weighted by molar-refractivity contribution is 5.98. The second-order valence-corrected chi connectivity index (χ2v) is 9.64. The van der Waals surface area contributed by atoms with Gasteiger partial charge >= 0.3 is 0 Å². The van der Waals surface area contributed by atoms with Gasteiger partial charge in [0.2, 0.25) is 11.8 Å². The Kier molecular flexibility index (Phi) is 7.51. The molecule has 2 amide bonds. The van der Waals surface area contributed by atoms with E-state index in [4.69, 9.17) is 5.73 Å². The van der Waals surface area contributed by atoms with Gasteiger partial charge in [-0.05, 0) is 48.2 Å². The van der Waals surface area contributed by atoms with Crippen LogP contribution < -0.4 is 5.73 Å². The van der Waals surface area contributed by atoms with Gasteiger partial charge in [0.15, 0.2) is 11.9 Å². The Balaban J connectivity index is 1.39. The fraction of sp³-hybridized carbons (Fsp3) is 0.241. The summed E-state index contributed by atoms with van der Waals surface area (Å²) in [7, 11) is 0. The van der Waals surface area contributed by atoms with E-state index in [2.05, 4.69) is 34.0 Å². The van der Waals surface area contributed by atoms with E-state index < -0.39 is 24.0 Å². The van der Waals surface area contributed by atoms with Crippen LogP contribution >= 0.6 is 0 Å². The van der Waals surface area contributed by atoms with Gasteiger partial charge in [0.1, 0.15) is 0 Å². The molecule has 4 aromatic rings. The second-order valence-electron chi connectivity index (χ2n) is 9.64. The number of benzene rings is 2. The van der Waals surface area contributed by atoms with Crippen LogP contribution in [0.25, 0.3) is 5.82 Å². The summed E-state index contributed by atoms with van der Waals surface area (Å²) >= 11 is 0. The van der Waals surface area contributed by atoms with Gasteiger partial charge in [-0.1, -0.05) is 54.6 Å². The Hall–Kier alpha value is -4.38. The average molecular weight is 526 g/mol. The van der Waals surface area contributed by atoms with Crippen LogP contribution in [0, 0.1) is 5.21 Å². The molecular formula is C29H29N6O4-. The van der Waals surface area contributed by atoms with Crippen LogP contribution in [-0.4, -0.2) is 53.8 Å². The van der Waals surface area contributed by atoms with Crippen molar-refractivity contribution in [1.29, 1.82) is 0 Å². The number of hydrogen-bond acceptors (Lipinski definition) is 7. The number of carbonyl (C=O) groups is 2. The smallest absolute Gasteiger partial charge is 0.248 e. The molecule has 3 unspecified atom stereocenters. The first-order valence-electron chi connectivity index (χ1n) is 12.7. The van der Waals surface area contributed by atoms with E-state index in [1.54, 1.807) is 36.5 Å². The molecule has 3 heterocycles. The molecule has 0 spiro atoms. The van der Waals surface area contributed by atoms with Gasteiger partial charge in [0.05, 0.1) is 23.3 Å². The van der Waals surface area contributed by atoms with E-state index in [0.717, 1.165) is 18.8 Å². The van der Waals surface area contributed by atoms with Crippen LogP contribution in [0.2, 0.25) is 0 Å². The van der Waals surface area contributed by atoms with E-state index in [0.29, 0.717) is 5.56 Å². The first-order valence-corrected chi connectivity index (χ1v) is 12.7. The number of hydroxylamine groups is 2. The molecule has 0 bridgehead atoms. The SMILES string of the molecule is CC(c1ccn(-c2ncccc2C(=O)N([O-])C(Cc2ccccc2)C(O)C(N)=O)n1)N1Cc2ccccc2C1. The number of aromatic nitrogens is 3. The maximum atomic E-state index is 13.4. The van der Waals surface area contributed by atoms with Gasteiger partial charge in [-0.25, -0.2) is 9.67 Å². The largest absolute Gasteiger partial charge is 0.756 e. The molecule has 2 aromatic carbocycles. The summed E-state index contributed by atoms with van der Waals surface area (Å²) in [6.45, 7) is 3.70. The summed E-state index contributed by atoms with van der Waals surface area (Å²) in [4.78, 5) is 31.9. The molecule has 1 aliphatic heterocycles. The van der Waals surface area contributed by atoms with Crippen LogP contribution in [-0.2, 0) is 24.3 Å². The first kappa shape index (κ1) is 26.2. The molecule has 200 valence electrons. The Labute approximate surface area is 225 Å². The number of nitrogens with zero attached hydrogens (tertiary/aromatic N) is 5. The van der Waals surface area contributed by atoms with Crippen LogP contribution in [0.5, 0.6) is 0 Å². The first-order chi connectivity index (χ1) is 18.8. The van der Waals surface area contributed by atoms with Crippen molar-refractivity contribution in [2.45, 2.75) is 44.6 Å². The van der Waals surface area contributed by atoms with Crippen molar-refractivity contribution in [2.75, 3.05) is 0 Å². The zero-order valence-corrected chi connectivity index (χ0v) is 21.4. The van der Waals surface area contributed by atoms with Crippen molar-refractivity contribution < 1.29 is 14.7 Å². The summed E-state index contributed by atoms with van der Waals surface area (Å²) in [6.07, 6.45) is 1.29. The van der Waals surface area contributed by atoms with Crippen molar-refractivity contribution in [3.63, 3.8) is 0 Å². The number of primary amides is 1. The van der Waals surface area contributed by atoms with Gasteiger partial charge in [0, 0.05) is 25.5 Å². The maximum absolute atomic E-state index is 13.4. The lowest BCUT2D eigenvalue weighted by Gasteiger charge is -2.39. The molecule has 0 radical (unpaired) electrons. The monoisotopic (exact) mass is 525 g/mol. The number of aliphatic hydroxyl groups excluding tert-OH is 1. The van der Waals surface area contributed by atoms with Gasteiger partial charge in [-0.15, -0.1) is 0 Å². The van der Waals surface area contributed by atoms with Crippen molar-refractivity contribution in [3.8, 4) is 5.82 Å². The summed E-state index contributed by atoms with van der Waals surface area (Å²) in [6, 6.07) is 20.6. The summed E-state index contributed by atoms with van der Waals surface area (Å²) in [5.74, 6) is -1.89. The zero-order chi connectivity index (χ0) is 27.5. The lowest BCUT2D eigenvalue weighted by molar-refractivity contribution is -0.128. The third-order valence-electron chi connectivity index (χ3n) is 7.13. The molecule has 39 heavy (non-hydrogen) atoms. The molecule has 0 saturated carbocycles. The van der Waals surface area contributed by atoms with Crippen LogP contribution in [0.15, 0.2) is 85.2 Å². The minimum Gasteiger partial charge on any atom is -0.756 e. The standard InChI is InChI=1S/C29H29N6O4/c1-19(33-17-21-10-5-6-11-22(21)18-33)24-13-15-34(32-24)28-23(12-7-14-31-28)29(38)35(39)25(26(36)27(30)37)16-20-8-3-2-4-9-20/h2-15,19,25-26,36H,16-18H2,1H3,(H2,30,37)/q-1. The van der Waals surface area contributed by atoms with Crippen molar-refractivity contribution in [2.24, 2.45) is 5.73 Å². The fourth-order valence-corrected chi connectivity index (χ4v) is 4.88. The predicted octanol–water partition coefficient (Wildman–Crippen LogP) is 2.74. The fourth-order valence-electron chi connectivity index (χ4n) is 4.88. The molecule has 1 aliphatic rings. The lowest BCUT2D eigenvalue weighted by Crippen LogP contribution is -2.50. The number of pyridine rings is 1. The van der Waals surface area contributed by atoms with E-state index in [9.17, 15) is 19.9 Å². The number of amides is 2. The molecule has 0 aliphatic carbocycles. The molecule has 0 saturated heterocycles. The Morgan fingerprint density at radius 1 is 1.03 bits per heavy atom. The quantitative estimate of drug-likeness (QED) is 0.320. The van der Waals surface area contributed by atoms with Gasteiger partial charge in [-0.2, -0.15) is 5.10 Å². The molecule has 0 fully saturated rings. The minimum atomic E-state index is -1.85. The molecule has 3 atom stereocenters. The zero-order valence-electron chi connectivity index (χ0n) is 21.4. The number of nitrogens with two attached hydrogens (primary N) is 1. The number of carbonyl (C=O) groups excluding carboxylic acids is 2. The molecule has 10 heteroatoms. The molecular weight excluding hydrogens is 496 g/mol. The van der Waals surface area contributed by atoms with Crippen LogP contribution in [0.4, 0.5) is 0 Å². The van der Waals surface area contributed by atoms with Crippen molar-refractivity contribution >= 4 is 11.8 Å². The number of hydrogen-bond donors (Lipinski definition) is 2. The van der Waals surface area contributed by atoms with E-state index in [-0.39, 0.29) is 28.9 Å². The predicted molar refractivity (Wildman–Crippen MR) is 144 cm³/mol. The Morgan fingerprint density at radius 3 is 2.36 bits per heavy atom. The summed E-state index contributed by atoms with van der Waals surface area (Å²) in [5.41, 5.74) is 9.32. The van der Waals surface area contributed by atoms with Crippen LogP contribution in [0.3, 0.4) is 0 Å². The number of aliphatic hydroxyl groups is 1. The minimum absolute atomic E-state index is 0.00140. The van der Waals surface area contributed by atoms with Crippen molar-refractivity contribution in [1.82, 2.24) is 24.7 Å². The Morgan fingerprint density at radius 2 is 1.69 bits per heavy atom. The maximum Gasteiger partial charge on any atom is 0.248 e. The second kappa shape index (κ2) is 11.2. The highest BCUT2D eigenvalue weighted by Crippen LogP contribution is 2.30. The molecule has 5 rings (SSSR count).